The number of hydrogen-bond donors (Lipinski definition) is 3. The van der Waals surface area contributed by atoms with Crippen molar-refractivity contribution in [3.8, 4) is 0 Å². The predicted molar refractivity (Wildman–Crippen MR) is 75.9 cm³/mol. The molecular weight excluding hydrogens is 248 g/mol. The predicted octanol–water partition coefficient (Wildman–Crippen LogP) is 1.86. The number of nitrogen functional groups attached to an aromatic ring is 1. The van der Waals surface area contributed by atoms with Crippen LogP contribution in [0.2, 0.25) is 5.02 Å². The summed E-state index contributed by atoms with van der Waals surface area (Å²) in [7, 11) is 0. The van der Waals surface area contributed by atoms with Gasteiger partial charge in [0.1, 0.15) is 0 Å². The molecule has 1 heterocycles. The Morgan fingerprint density at radius 1 is 1.44 bits per heavy atom. The third kappa shape index (κ3) is 1.95. The van der Waals surface area contributed by atoms with Gasteiger partial charge in [-0.25, -0.2) is 0 Å². The van der Waals surface area contributed by atoms with Crippen LogP contribution in [-0.4, -0.2) is 31.4 Å². The fourth-order valence-electron chi connectivity index (χ4n) is 2.69. The second-order valence-corrected chi connectivity index (χ2v) is 5.64. The zero-order chi connectivity index (χ0) is 12.8. The van der Waals surface area contributed by atoms with Gasteiger partial charge < -0.3 is 21.4 Å². The smallest absolute Gasteiger partial charge is 0.0492 e. The Balaban J connectivity index is 1.97. The van der Waals surface area contributed by atoms with Crippen LogP contribution in [0.25, 0.3) is 0 Å². The summed E-state index contributed by atoms with van der Waals surface area (Å²) in [5.41, 5.74) is 8.59. The zero-order valence-electron chi connectivity index (χ0n) is 10.2. The van der Waals surface area contributed by atoms with Crippen LogP contribution >= 0.6 is 11.6 Å². The maximum Gasteiger partial charge on any atom is 0.0492 e. The molecule has 0 aromatic heterocycles. The summed E-state index contributed by atoms with van der Waals surface area (Å²) >= 11 is 6.09. The monoisotopic (exact) mass is 264 g/mol. The number of nitrogens with zero attached hydrogens (tertiary/aromatic N) is 1. The van der Waals surface area contributed by atoms with E-state index in [0.29, 0.717) is 16.2 Å². The summed E-state index contributed by atoms with van der Waals surface area (Å²) in [5.74, 6) is 0. The lowest BCUT2D eigenvalue weighted by atomic mass is 10.1. The molecule has 2 aliphatic rings. The van der Waals surface area contributed by atoms with Crippen LogP contribution in [0.15, 0.2) is 12.1 Å². The van der Waals surface area contributed by atoms with E-state index >= 15 is 0 Å². The second kappa shape index (κ2) is 4.14. The van der Waals surface area contributed by atoms with E-state index < -0.39 is 0 Å². The van der Waals surface area contributed by atoms with Gasteiger partial charge in [-0.3, -0.25) is 0 Å². The maximum atomic E-state index is 7.54. The fraction of sp³-hybridized carbons (Fsp3) is 0.462. The second-order valence-electron chi connectivity index (χ2n) is 5.20. The standard InChI is InChI=1S/C13H17ClN4/c14-9-5-11(16)10(7-15)12(6-9)18-4-3-17-13(8-18)1-2-13/h5-7,15,17H,1-4,8,16H2. The van der Waals surface area contributed by atoms with Crippen molar-refractivity contribution >= 4 is 29.2 Å². The average Bonchev–Trinajstić information content (AvgIpc) is 3.07. The first-order valence-corrected chi connectivity index (χ1v) is 6.61. The summed E-state index contributed by atoms with van der Waals surface area (Å²) in [6.07, 6.45) is 3.79. The summed E-state index contributed by atoms with van der Waals surface area (Å²) in [4.78, 5) is 2.30. The van der Waals surface area contributed by atoms with Crippen molar-refractivity contribution in [2.24, 2.45) is 0 Å². The van der Waals surface area contributed by atoms with E-state index in [1.165, 1.54) is 19.1 Å². The number of hydrogen-bond acceptors (Lipinski definition) is 4. The molecule has 1 aliphatic heterocycles. The van der Waals surface area contributed by atoms with Crippen LogP contribution in [-0.2, 0) is 0 Å². The summed E-state index contributed by atoms with van der Waals surface area (Å²) < 4.78 is 0. The van der Waals surface area contributed by atoms with Crippen LogP contribution in [0, 0.1) is 5.41 Å². The molecule has 5 heteroatoms. The number of nitrogens with one attached hydrogen (secondary N) is 2. The minimum absolute atomic E-state index is 0.300. The molecule has 0 bridgehead atoms. The summed E-state index contributed by atoms with van der Waals surface area (Å²) in [6, 6.07) is 3.63. The van der Waals surface area contributed by atoms with E-state index in [0.717, 1.165) is 30.9 Å². The molecule has 18 heavy (non-hydrogen) atoms. The normalized spacial score (nSPS) is 21.1. The number of nitrogens with two attached hydrogens (primary N) is 1. The molecule has 2 fully saturated rings. The maximum absolute atomic E-state index is 7.54. The molecule has 0 atom stereocenters. The lowest BCUT2D eigenvalue weighted by Crippen LogP contribution is -2.52. The Morgan fingerprint density at radius 3 is 2.89 bits per heavy atom. The molecule has 1 aromatic carbocycles. The Labute approximate surface area is 112 Å². The van der Waals surface area contributed by atoms with Gasteiger partial charge in [-0.05, 0) is 25.0 Å². The SMILES string of the molecule is N=Cc1c(N)cc(Cl)cc1N1CCNC2(CC2)C1. The van der Waals surface area contributed by atoms with E-state index in [1.807, 2.05) is 6.07 Å². The van der Waals surface area contributed by atoms with Crippen molar-refractivity contribution in [3.63, 3.8) is 0 Å². The molecule has 4 nitrogen and oxygen atoms in total. The van der Waals surface area contributed by atoms with Crippen molar-refractivity contribution in [1.29, 1.82) is 5.41 Å². The van der Waals surface area contributed by atoms with Gasteiger partial charge in [0.15, 0.2) is 0 Å². The summed E-state index contributed by atoms with van der Waals surface area (Å²) in [6.45, 7) is 2.89. The van der Waals surface area contributed by atoms with E-state index in [4.69, 9.17) is 22.7 Å². The topological polar surface area (TPSA) is 65.1 Å². The Hall–Kier alpha value is -1.26. The van der Waals surface area contributed by atoms with Gasteiger partial charge in [-0.2, -0.15) is 0 Å². The zero-order valence-corrected chi connectivity index (χ0v) is 10.9. The molecule has 3 rings (SSSR count). The average molecular weight is 265 g/mol. The molecule has 1 saturated heterocycles. The quantitative estimate of drug-likeness (QED) is 0.564. The highest BCUT2D eigenvalue weighted by molar-refractivity contribution is 6.31. The highest BCUT2D eigenvalue weighted by Gasteiger charge is 2.45. The minimum Gasteiger partial charge on any atom is -0.398 e. The molecule has 0 unspecified atom stereocenters. The van der Waals surface area contributed by atoms with Gasteiger partial charge in [0.2, 0.25) is 0 Å². The molecule has 1 saturated carbocycles. The van der Waals surface area contributed by atoms with Gasteiger partial charge in [-0.15, -0.1) is 0 Å². The van der Waals surface area contributed by atoms with Crippen molar-refractivity contribution in [1.82, 2.24) is 5.32 Å². The Morgan fingerprint density at radius 2 is 2.22 bits per heavy atom. The molecular formula is C13H17ClN4. The van der Waals surface area contributed by atoms with Crippen molar-refractivity contribution in [2.45, 2.75) is 18.4 Å². The van der Waals surface area contributed by atoms with Gasteiger partial charge in [0.25, 0.3) is 0 Å². The van der Waals surface area contributed by atoms with E-state index in [9.17, 15) is 0 Å². The van der Waals surface area contributed by atoms with E-state index in [2.05, 4.69) is 10.2 Å². The minimum atomic E-state index is 0.300. The number of rotatable bonds is 2. The third-order valence-corrected chi connectivity index (χ3v) is 4.09. The first-order valence-electron chi connectivity index (χ1n) is 6.23. The van der Waals surface area contributed by atoms with Gasteiger partial charge in [-0.1, -0.05) is 11.6 Å². The van der Waals surface area contributed by atoms with Gasteiger partial charge in [0.05, 0.1) is 0 Å². The first kappa shape index (κ1) is 11.8. The molecule has 4 N–H and O–H groups in total. The van der Waals surface area contributed by atoms with Crippen molar-refractivity contribution in [3.05, 3.63) is 22.7 Å². The van der Waals surface area contributed by atoms with E-state index in [1.54, 1.807) is 6.07 Å². The number of anilines is 2. The Kier molecular flexibility index (Phi) is 2.72. The highest BCUT2D eigenvalue weighted by Crippen LogP contribution is 2.40. The highest BCUT2D eigenvalue weighted by atomic mass is 35.5. The summed E-state index contributed by atoms with van der Waals surface area (Å²) in [5, 5.41) is 11.7. The molecule has 1 spiro atoms. The first-order chi connectivity index (χ1) is 8.63. The van der Waals surface area contributed by atoms with Crippen LogP contribution in [0.1, 0.15) is 18.4 Å². The van der Waals surface area contributed by atoms with Crippen LogP contribution < -0.4 is 16.0 Å². The molecule has 0 amide bonds. The van der Waals surface area contributed by atoms with Gasteiger partial charge >= 0.3 is 0 Å². The lowest BCUT2D eigenvalue weighted by Gasteiger charge is -2.36. The van der Waals surface area contributed by atoms with E-state index in [-0.39, 0.29) is 0 Å². The molecule has 1 aliphatic carbocycles. The van der Waals surface area contributed by atoms with Crippen LogP contribution in [0.4, 0.5) is 11.4 Å². The number of halogens is 1. The number of benzene rings is 1. The molecule has 1 aromatic rings. The lowest BCUT2D eigenvalue weighted by molar-refractivity contribution is 0.442. The van der Waals surface area contributed by atoms with Crippen LogP contribution in [0.5, 0.6) is 0 Å². The fourth-order valence-corrected chi connectivity index (χ4v) is 2.91. The number of piperazine rings is 1. The molecule has 0 radical (unpaired) electrons. The third-order valence-electron chi connectivity index (χ3n) is 3.87. The van der Waals surface area contributed by atoms with Crippen molar-refractivity contribution in [2.75, 3.05) is 30.3 Å². The molecule has 96 valence electrons. The van der Waals surface area contributed by atoms with Crippen LogP contribution in [0.3, 0.4) is 0 Å². The van der Waals surface area contributed by atoms with Crippen molar-refractivity contribution < 1.29 is 0 Å². The largest absolute Gasteiger partial charge is 0.398 e. The Bertz CT molecular complexity index is 496. The van der Waals surface area contributed by atoms with Gasteiger partial charge in [0, 0.05) is 53.3 Å².